The molecule has 0 bridgehead atoms. The molecule has 0 unspecified atom stereocenters. The zero-order valence-electron chi connectivity index (χ0n) is 15.7. The number of hydrogen-bond donors (Lipinski definition) is 0. The number of fused-ring (bicyclic) bond motifs is 1. The van der Waals surface area contributed by atoms with Crippen LogP contribution in [0.25, 0.3) is 0 Å². The van der Waals surface area contributed by atoms with E-state index in [4.69, 9.17) is 16.3 Å². The average molecular weight is 420 g/mol. The fourth-order valence-corrected chi connectivity index (χ4v) is 4.23. The number of amides is 1. The number of nitrogens with zero attached hydrogens (tertiary/aromatic N) is 1. The fourth-order valence-electron chi connectivity index (χ4n) is 3.39. The number of sulfone groups is 1. The third kappa shape index (κ3) is 4.18. The lowest BCUT2D eigenvalue weighted by molar-refractivity contribution is 0.0729. The third-order valence-electron chi connectivity index (χ3n) is 5.25. The quantitative estimate of drug-likeness (QED) is 0.740. The van der Waals surface area contributed by atoms with Crippen LogP contribution in [0.4, 0.5) is 0 Å². The number of ether oxygens (including phenoxy) is 1. The van der Waals surface area contributed by atoms with Gasteiger partial charge in [-0.2, -0.15) is 0 Å². The van der Waals surface area contributed by atoms with Gasteiger partial charge in [0.15, 0.2) is 9.84 Å². The molecule has 1 heterocycles. The monoisotopic (exact) mass is 419 g/mol. The predicted octanol–water partition coefficient (Wildman–Crippen LogP) is 3.73. The van der Waals surface area contributed by atoms with Crippen molar-refractivity contribution in [1.82, 2.24) is 4.90 Å². The van der Waals surface area contributed by atoms with Crippen molar-refractivity contribution in [3.05, 3.63) is 58.1 Å². The zero-order valence-corrected chi connectivity index (χ0v) is 17.2. The molecule has 148 valence electrons. The second kappa shape index (κ2) is 7.41. The minimum atomic E-state index is -3.42. The van der Waals surface area contributed by atoms with Crippen molar-refractivity contribution >= 4 is 27.3 Å². The lowest BCUT2D eigenvalue weighted by atomic mass is 9.99. The van der Waals surface area contributed by atoms with Gasteiger partial charge >= 0.3 is 0 Å². The van der Waals surface area contributed by atoms with E-state index in [0.29, 0.717) is 48.4 Å². The van der Waals surface area contributed by atoms with Crippen molar-refractivity contribution in [1.29, 1.82) is 0 Å². The molecule has 0 saturated heterocycles. The first-order chi connectivity index (χ1) is 13.3. The highest BCUT2D eigenvalue weighted by Gasteiger charge is 2.27. The molecule has 0 radical (unpaired) electrons. The summed E-state index contributed by atoms with van der Waals surface area (Å²) in [5, 5.41) is 0.690. The highest BCUT2D eigenvalue weighted by Crippen LogP contribution is 2.32. The Morgan fingerprint density at radius 3 is 2.68 bits per heavy atom. The minimum Gasteiger partial charge on any atom is -0.492 e. The van der Waals surface area contributed by atoms with E-state index < -0.39 is 9.84 Å². The van der Waals surface area contributed by atoms with Gasteiger partial charge in [-0.1, -0.05) is 17.7 Å². The summed E-state index contributed by atoms with van der Waals surface area (Å²) in [4.78, 5) is 15.1. The van der Waals surface area contributed by atoms with Crippen molar-refractivity contribution in [2.24, 2.45) is 5.92 Å². The maximum absolute atomic E-state index is 13.3. The van der Waals surface area contributed by atoms with E-state index in [1.54, 1.807) is 11.0 Å². The molecule has 4 rings (SSSR count). The van der Waals surface area contributed by atoms with Crippen LogP contribution in [-0.4, -0.2) is 38.6 Å². The number of carbonyl (C=O) groups is 1. The number of carbonyl (C=O) groups excluding carboxylic acids is 1. The molecule has 0 N–H and O–H groups in total. The summed E-state index contributed by atoms with van der Waals surface area (Å²) >= 11 is 6.06. The lowest BCUT2D eigenvalue weighted by Gasteiger charge is -2.29. The number of benzene rings is 2. The molecule has 5 nitrogen and oxygen atoms in total. The van der Waals surface area contributed by atoms with Crippen LogP contribution in [-0.2, 0) is 22.8 Å². The molecule has 2 aromatic rings. The van der Waals surface area contributed by atoms with E-state index in [-0.39, 0.29) is 10.8 Å². The van der Waals surface area contributed by atoms with Crippen LogP contribution >= 0.6 is 11.6 Å². The first-order valence-electron chi connectivity index (χ1n) is 9.35. The van der Waals surface area contributed by atoms with E-state index in [1.165, 1.54) is 12.1 Å². The second-order valence-electron chi connectivity index (χ2n) is 7.57. The molecule has 2 aliphatic rings. The number of hydrogen-bond acceptors (Lipinski definition) is 4. The molecule has 0 atom stereocenters. The van der Waals surface area contributed by atoms with Gasteiger partial charge in [-0.15, -0.1) is 0 Å². The Kier molecular flexibility index (Phi) is 5.10. The molecule has 0 aromatic heterocycles. The summed E-state index contributed by atoms with van der Waals surface area (Å²) in [7, 11) is -3.42. The van der Waals surface area contributed by atoms with Gasteiger partial charge in [0.1, 0.15) is 5.75 Å². The van der Waals surface area contributed by atoms with Gasteiger partial charge in [-0.05, 0) is 66.6 Å². The van der Waals surface area contributed by atoms with Gasteiger partial charge in [0.2, 0.25) is 0 Å². The minimum absolute atomic E-state index is 0.124. The molecule has 2 aromatic carbocycles. The van der Waals surface area contributed by atoms with Crippen LogP contribution in [0.3, 0.4) is 0 Å². The number of halogens is 1. The van der Waals surface area contributed by atoms with Gasteiger partial charge in [-0.25, -0.2) is 8.42 Å². The summed E-state index contributed by atoms with van der Waals surface area (Å²) in [6, 6.07) is 10.2. The Morgan fingerprint density at radius 1 is 1.18 bits per heavy atom. The molecule has 1 amide bonds. The summed E-state index contributed by atoms with van der Waals surface area (Å²) in [5.41, 5.74) is 2.51. The largest absolute Gasteiger partial charge is 0.492 e. The van der Waals surface area contributed by atoms with Crippen LogP contribution < -0.4 is 4.74 Å². The smallest absolute Gasteiger partial charge is 0.257 e. The molecule has 1 fully saturated rings. The maximum atomic E-state index is 13.3. The molecule has 7 heteroatoms. The average Bonchev–Trinajstić information content (AvgIpc) is 3.49. The Morgan fingerprint density at radius 2 is 1.96 bits per heavy atom. The second-order valence-corrected chi connectivity index (χ2v) is 10.0. The molecule has 0 spiro atoms. The topological polar surface area (TPSA) is 63.7 Å². The molecule has 28 heavy (non-hydrogen) atoms. The summed E-state index contributed by atoms with van der Waals surface area (Å²) in [5.74, 6) is 0.771. The van der Waals surface area contributed by atoms with Crippen LogP contribution in [0.2, 0.25) is 5.02 Å². The summed E-state index contributed by atoms with van der Waals surface area (Å²) in [6.07, 6.45) is 4.13. The predicted molar refractivity (Wildman–Crippen MR) is 108 cm³/mol. The van der Waals surface area contributed by atoms with Crippen molar-refractivity contribution in [2.45, 2.75) is 30.7 Å². The molecule has 1 saturated carbocycles. The van der Waals surface area contributed by atoms with E-state index in [9.17, 15) is 13.2 Å². The van der Waals surface area contributed by atoms with E-state index in [2.05, 4.69) is 0 Å². The van der Waals surface area contributed by atoms with Crippen molar-refractivity contribution < 1.29 is 17.9 Å². The highest BCUT2D eigenvalue weighted by molar-refractivity contribution is 7.90. The summed E-state index contributed by atoms with van der Waals surface area (Å²) in [6.45, 7) is 1.58. The first-order valence-corrected chi connectivity index (χ1v) is 11.6. The highest BCUT2D eigenvalue weighted by atomic mass is 35.5. The normalized spacial score (nSPS) is 16.6. The number of rotatable bonds is 5. The van der Waals surface area contributed by atoms with Gasteiger partial charge in [-0.3, -0.25) is 4.79 Å². The third-order valence-corrected chi connectivity index (χ3v) is 6.59. The Bertz CT molecular complexity index is 1030. The van der Waals surface area contributed by atoms with E-state index >= 15 is 0 Å². The SMILES string of the molecule is CS(=O)(=O)c1ccc(OCC2CC2)c(C(=O)N2CCc3cc(Cl)ccc3C2)c1. The van der Waals surface area contributed by atoms with Gasteiger partial charge in [0.25, 0.3) is 5.91 Å². The standard InChI is InChI=1S/C21H22ClNO4S/c1-28(25,26)18-6-7-20(27-13-14-2-3-14)19(11-18)21(24)23-9-8-15-10-17(22)5-4-16(15)12-23/h4-7,10-11,14H,2-3,8-9,12-13H2,1H3. The molecule has 1 aliphatic carbocycles. The van der Waals surface area contributed by atoms with Crippen LogP contribution in [0, 0.1) is 5.92 Å². The van der Waals surface area contributed by atoms with Crippen LogP contribution in [0.1, 0.15) is 34.3 Å². The molecule has 1 aliphatic heterocycles. The van der Waals surface area contributed by atoms with Gasteiger partial charge < -0.3 is 9.64 Å². The Balaban J connectivity index is 1.63. The maximum Gasteiger partial charge on any atom is 0.257 e. The molecular formula is C21H22ClNO4S. The molecular weight excluding hydrogens is 398 g/mol. The fraction of sp³-hybridized carbons (Fsp3) is 0.381. The Labute approximate surface area is 170 Å². The van der Waals surface area contributed by atoms with E-state index in [0.717, 1.165) is 30.2 Å². The Hall–Kier alpha value is -2.05. The zero-order chi connectivity index (χ0) is 19.9. The van der Waals surface area contributed by atoms with E-state index in [1.807, 2.05) is 18.2 Å². The van der Waals surface area contributed by atoms with Gasteiger partial charge in [0, 0.05) is 24.4 Å². The van der Waals surface area contributed by atoms with Crippen LogP contribution in [0.5, 0.6) is 5.75 Å². The van der Waals surface area contributed by atoms with Crippen molar-refractivity contribution in [2.75, 3.05) is 19.4 Å². The van der Waals surface area contributed by atoms with Crippen LogP contribution in [0.15, 0.2) is 41.3 Å². The first kappa shape index (κ1) is 19.3. The van der Waals surface area contributed by atoms with Crippen molar-refractivity contribution in [3.8, 4) is 5.75 Å². The van der Waals surface area contributed by atoms with Crippen molar-refractivity contribution in [3.63, 3.8) is 0 Å². The lowest BCUT2D eigenvalue weighted by Crippen LogP contribution is -2.36. The van der Waals surface area contributed by atoms with Gasteiger partial charge in [0.05, 0.1) is 17.1 Å². The summed E-state index contributed by atoms with van der Waals surface area (Å²) < 4.78 is 29.8.